The van der Waals surface area contributed by atoms with Gasteiger partial charge in [-0.1, -0.05) is 0 Å². The van der Waals surface area contributed by atoms with Crippen LogP contribution in [0.1, 0.15) is 17.7 Å². The van der Waals surface area contributed by atoms with Crippen molar-refractivity contribution in [3.8, 4) is 0 Å². The summed E-state index contributed by atoms with van der Waals surface area (Å²) >= 11 is 1.60. The van der Waals surface area contributed by atoms with E-state index in [1.807, 2.05) is 24.9 Å². The van der Waals surface area contributed by atoms with Gasteiger partial charge in [0.25, 0.3) is 0 Å². The maximum atomic E-state index is 5.66. The third-order valence-corrected chi connectivity index (χ3v) is 4.50. The average molecular weight is 277 g/mol. The number of hydrogen-bond donors (Lipinski definition) is 1. The largest absolute Gasteiger partial charge is 0.375 e. The van der Waals surface area contributed by atoms with E-state index in [0.717, 1.165) is 32.1 Å². The van der Waals surface area contributed by atoms with E-state index in [9.17, 15) is 0 Å². The van der Waals surface area contributed by atoms with Crippen LogP contribution in [0.15, 0.2) is 24.9 Å². The van der Waals surface area contributed by atoms with Gasteiger partial charge in [0.1, 0.15) is 0 Å². The lowest BCUT2D eigenvalue weighted by atomic mass is 9.97. The second-order valence-electron chi connectivity index (χ2n) is 5.14. The molecule has 0 bridgehead atoms. The number of likely N-dealkylation sites (tertiary alicyclic amines) is 1. The number of nitrogens with two attached hydrogens (primary N) is 1. The minimum absolute atomic E-state index is 0.671. The Balaban J connectivity index is 1.46. The van der Waals surface area contributed by atoms with E-state index in [4.69, 9.17) is 5.73 Å². The van der Waals surface area contributed by atoms with Gasteiger partial charge in [-0.25, -0.2) is 9.97 Å². The fourth-order valence-electron chi connectivity index (χ4n) is 2.64. The Morgan fingerprint density at radius 1 is 1.37 bits per heavy atom. The van der Waals surface area contributed by atoms with Crippen LogP contribution in [0.2, 0.25) is 0 Å². The monoisotopic (exact) mass is 277 g/mol. The Bertz CT molecular complexity index is 499. The zero-order valence-electron chi connectivity index (χ0n) is 10.9. The molecule has 0 saturated carbocycles. The molecule has 102 valence electrons. The van der Waals surface area contributed by atoms with Crippen LogP contribution in [0.5, 0.6) is 0 Å². The van der Waals surface area contributed by atoms with Crippen molar-refractivity contribution in [2.45, 2.75) is 25.9 Å². The van der Waals surface area contributed by atoms with E-state index in [-0.39, 0.29) is 0 Å². The van der Waals surface area contributed by atoms with Gasteiger partial charge in [0.2, 0.25) is 0 Å². The molecule has 6 heteroatoms. The quantitative estimate of drug-likeness (QED) is 0.926. The predicted molar refractivity (Wildman–Crippen MR) is 76.8 cm³/mol. The molecule has 1 aliphatic rings. The maximum absolute atomic E-state index is 5.66. The molecule has 0 amide bonds. The lowest BCUT2D eigenvalue weighted by molar-refractivity contribution is 0.168. The van der Waals surface area contributed by atoms with Gasteiger partial charge in [-0.05, 0) is 31.8 Å². The van der Waals surface area contributed by atoms with Gasteiger partial charge < -0.3 is 10.3 Å². The molecule has 0 aliphatic carbocycles. The zero-order chi connectivity index (χ0) is 13.1. The summed E-state index contributed by atoms with van der Waals surface area (Å²) in [6.07, 6.45) is 10.2. The number of nitrogen functional groups attached to an aromatic ring is 1. The van der Waals surface area contributed by atoms with Gasteiger partial charge >= 0.3 is 0 Å². The van der Waals surface area contributed by atoms with Crippen molar-refractivity contribution in [1.29, 1.82) is 0 Å². The lowest BCUT2D eigenvalue weighted by Crippen LogP contribution is -2.34. The molecule has 1 aliphatic heterocycles. The maximum Gasteiger partial charge on any atom is 0.180 e. The summed E-state index contributed by atoms with van der Waals surface area (Å²) in [5.41, 5.74) is 5.66. The van der Waals surface area contributed by atoms with E-state index < -0.39 is 0 Å². The highest BCUT2D eigenvalue weighted by molar-refractivity contribution is 7.15. The Morgan fingerprint density at radius 3 is 2.84 bits per heavy atom. The molecule has 0 spiro atoms. The number of imidazole rings is 1. The first-order valence-corrected chi connectivity index (χ1v) is 7.49. The molecule has 3 rings (SSSR count). The predicted octanol–water partition coefficient (Wildman–Crippen LogP) is 1.83. The minimum atomic E-state index is 0.671. The normalized spacial score (nSPS) is 17.9. The number of hydrogen-bond acceptors (Lipinski definition) is 5. The summed E-state index contributed by atoms with van der Waals surface area (Å²) in [7, 11) is 0. The van der Waals surface area contributed by atoms with Crippen molar-refractivity contribution >= 4 is 16.5 Å². The van der Waals surface area contributed by atoms with Crippen molar-refractivity contribution < 1.29 is 0 Å². The highest BCUT2D eigenvalue weighted by Crippen LogP contribution is 2.22. The van der Waals surface area contributed by atoms with Crippen molar-refractivity contribution in [1.82, 2.24) is 19.4 Å². The molecule has 0 atom stereocenters. The van der Waals surface area contributed by atoms with Crippen LogP contribution in [-0.2, 0) is 13.1 Å². The van der Waals surface area contributed by atoms with Gasteiger partial charge in [0.15, 0.2) is 5.13 Å². The molecule has 0 aromatic carbocycles. The minimum Gasteiger partial charge on any atom is -0.375 e. The van der Waals surface area contributed by atoms with Gasteiger partial charge in [0, 0.05) is 36.6 Å². The molecule has 2 aromatic rings. The average Bonchev–Trinajstić information content (AvgIpc) is 3.04. The van der Waals surface area contributed by atoms with Crippen molar-refractivity contribution in [2.24, 2.45) is 5.92 Å². The smallest absolute Gasteiger partial charge is 0.180 e. The molecule has 0 unspecified atom stereocenters. The SMILES string of the molecule is Nc1ncc(CN2CCC(Cn3ccnc3)CC2)s1. The number of piperidine rings is 1. The summed E-state index contributed by atoms with van der Waals surface area (Å²) in [5, 5.41) is 0.671. The molecular formula is C13H19N5S. The zero-order valence-corrected chi connectivity index (χ0v) is 11.7. The van der Waals surface area contributed by atoms with Crippen molar-refractivity contribution in [2.75, 3.05) is 18.8 Å². The molecule has 19 heavy (non-hydrogen) atoms. The number of nitrogens with zero attached hydrogens (tertiary/aromatic N) is 4. The first kappa shape index (κ1) is 12.6. The van der Waals surface area contributed by atoms with Gasteiger partial charge in [0.05, 0.1) is 6.33 Å². The van der Waals surface area contributed by atoms with E-state index in [0.29, 0.717) is 5.13 Å². The van der Waals surface area contributed by atoms with E-state index in [1.165, 1.54) is 17.7 Å². The van der Waals surface area contributed by atoms with Crippen LogP contribution in [0.25, 0.3) is 0 Å². The third kappa shape index (κ3) is 3.33. The number of thiazole rings is 1. The summed E-state index contributed by atoms with van der Waals surface area (Å²) in [6.45, 7) is 4.42. The second kappa shape index (κ2) is 5.71. The van der Waals surface area contributed by atoms with Gasteiger partial charge in [-0.3, -0.25) is 4.90 Å². The van der Waals surface area contributed by atoms with Gasteiger partial charge in [-0.15, -0.1) is 11.3 Å². The molecule has 5 nitrogen and oxygen atoms in total. The lowest BCUT2D eigenvalue weighted by Gasteiger charge is -2.31. The Kier molecular flexibility index (Phi) is 3.79. The fraction of sp³-hybridized carbons (Fsp3) is 0.538. The van der Waals surface area contributed by atoms with Crippen LogP contribution in [0, 0.1) is 5.92 Å². The van der Waals surface area contributed by atoms with Crippen molar-refractivity contribution in [3.05, 3.63) is 29.8 Å². The summed E-state index contributed by atoms with van der Waals surface area (Å²) in [5.74, 6) is 0.775. The molecule has 0 radical (unpaired) electrons. The highest BCUT2D eigenvalue weighted by Gasteiger charge is 2.19. The fourth-order valence-corrected chi connectivity index (χ4v) is 3.36. The Hall–Kier alpha value is -1.40. The second-order valence-corrected chi connectivity index (χ2v) is 6.29. The van der Waals surface area contributed by atoms with Crippen LogP contribution in [-0.4, -0.2) is 32.5 Å². The van der Waals surface area contributed by atoms with E-state index in [2.05, 4.69) is 19.4 Å². The third-order valence-electron chi connectivity index (χ3n) is 3.69. The summed E-state index contributed by atoms with van der Waals surface area (Å²) in [6, 6.07) is 0. The van der Waals surface area contributed by atoms with Crippen LogP contribution in [0.3, 0.4) is 0 Å². The Morgan fingerprint density at radius 2 is 2.21 bits per heavy atom. The van der Waals surface area contributed by atoms with Gasteiger partial charge in [-0.2, -0.15) is 0 Å². The van der Waals surface area contributed by atoms with Crippen molar-refractivity contribution in [3.63, 3.8) is 0 Å². The summed E-state index contributed by atoms with van der Waals surface area (Å²) in [4.78, 5) is 12.0. The van der Waals surface area contributed by atoms with E-state index in [1.54, 1.807) is 11.3 Å². The number of aromatic nitrogens is 3. The van der Waals surface area contributed by atoms with Crippen LogP contribution < -0.4 is 5.73 Å². The topological polar surface area (TPSA) is 60.0 Å². The molecule has 1 saturated heterocycles. The van der Waals surface area contributed by atoms with Crippen LogP contribution >= 0.6 is 11.3 Å². The summed E-state index contributed by atoms with van der Waals surface area (Å²) < 4.78 is 2.18. The molecule has 2 N–H and O–H groups in total. The first-order valence-electron chi connectivity index (χ1n) is 6.68. The molecule has 2 aromatic heterocycles. The molecule has 3 heterocycles. The van der Waals surface area contributed by atoms with Crippen LogP contribution in [0.4, 0.5) is 5.13 Å². The van der Waals surface area contributed by atoms with E-state index >= 15 is 0 Å². The molecule has 1 fully saturated rings. The highest BCUT2D eigenvalue weighted by atomic mass is 32.1. The number of anilines is 1. The number of rotatable bonds is 4. The molecular weight excluding hydrogens is 258 g/mol. The standard InChI is InChI=1S/C13H19N5S/c14-13-16-7-12(19-13)9-17-4-1-11(2-5-17)8-18-6-3-15-10-18/h3,6-7,10-11H,1-2,4-5,8-9H2,(H2,14,16). The first-order chi connectivity index (χ1) is 9.29. The Labute approximate surface area is 117 Å².